The molecule has 0 aliphatic carbocycles. The predicted molar refractivity (Wildman–Crippen MR) is 225 cm³/mol. The molecule has 0 spiro atoms. The average Bonchev–Trinajstić information content (AvgIpc) is 3.35. The number of rotatable bonds is 6. The Labute approximate surface area is 329 Å². The Morgan fingerprint density at radius 2 is 0.611 bits per heavy atom. The van der Waals surface area contributed by atoms with Gasteiger partial charge in [-0.3, -0.25) is 0 Å². The lowest BCUT2D eigenvalue weighted by atomic mass is 9.91. The minimum atomic E-state index is -0.609. The minimum Gasteiger partial charge on any atom is -0.208 e. The quantitative estimate of drug-likeness (QED) is 0.162. The molecule has 3 nitrogen and oxygen atoms in total. The van der Waals surface area contributed by atoms with Gasteiger partial charge in [-0.2, -0.15) is 0 Å². The van der Waals surface area contributed by atoms with Crippen LogP contribution in [-0.2, 0) is 0 Å². The second kappa shape index (κ2) is 13.4. The van der Waals surface area contributed by atoms with Crippen molar-refractivity contribution in [2.24, 2.45) is 0 Å². The van der Waals surface area contributed by atoms with Gasteiger partial charge in [0, 0.05) is 16.7 Å². The second-order valence-corrected chi connectivity index (χ2v) is 12.8. The van der Waals surface area contributed by atoms with Gasteiger partial charge in [0.25, 0.3) is 0 Å². The van der Waals surface area contributed by atoms with Gasteiger partial charge in [-0.05, 0) is 89.9 Å². The number of hydrogen-bond donors (Lipinski definition) is 0. The molecule has 10 rings (SSSR count). The van der Waals surface area contributed by atoms with Crippen molar-refractivity contribution >= 4 is 32.3 Å². The maximum Gasteiger partial charge on any atom is 0.164 e. The summed E-state index contributed by atoms with van der Waals surface area (Å²) in [6.07, 6.45) is 0. The molecular weight excluding hydrogens is 655 g/mol. The van der Waals surface area contributed by atoms with Gasteiger partial charge in [0.05, 0.1) is 15.1 Å². The Morgan fingerprint density at radius 3 is 1.07 bits per heavy atom. The van der Waals surface area contributed by atoms with Gasteiger partial charge in [-0.1, -0.05) is 176 Å². The largest absolute Gasteiger partial charge is 0.208 e. The molecule has 0 bridgehead atoms. The van der Waals surface area contributed by atoms with E-state index in [1.165, 1.54) is 0 Å². The van der Waals surface area contributed by atoms with Crippen LogP contribution in [0.2, 0.25) is 0 Å². The molecule has 0 amide bonds. The lowest BCUT2D eigenvalue weighted by Crippen LogP contribution is -2.00. The molecule has 0 saturated carbocycles. The van der Waals surface area contributed by atoms with E-state index in [2.05, 4.69) is 0 Å². The lowest BCUT2D eigenvalue weighted by molar-refractivity contribution is 1.07. The van der Waals surface area contributed by atoms with Crippen molar-refractivity contribution in [1.82, 2.24) is 15.0 Å². The molecule has 252 valence electrons. The van der Waals surface area contributed by atoms with Gasteiger partial charge >= 0.3 is 0 Å². The summed E-state index contributed by atoms with van der Waals surface area (Å²) >= 11 is 0. The molecule has 0 unspecified atom stereocenters. The van der Waals surface area contributed by atoms with Crippen LogP contribution in [0.25, 0.3) is 99.9 Å². The highest BCUT2D eigenvalue weighted by Gasteiger charge is 2.14. The van der Waals surface area contributed by atoms with Crippen LogP contribution in [0.1, 0.15) is 15.1 Å². The molecule has 0 saturated heterocycles. The summed E-state index contributed by atoms with van der Waals surface area (Å²) in [5.74, 6) is 1.62. The van der Waals surface area contributed by atoms with Crippen molar-refractivity contribution in [1.29, 1.82) is 0 Å². The normalized spacial score (nSPS) is 14.2. The Hall–Kier alpha value is -7.23. The van der Waals surface area contributed by atoms with E-state index in [1.54, 1.807) is 18.2 Å². The molecule has 9 aromatic carbocycles. The van der Waals surface area contributed by atoms with Crippen molar-refractivity contribution in [2.45, 2.75) is 0 Å². The zero-order valence-electron chi connectivity index (χ0n) is 39.5. The standard InChI is InChI=1S/C51H33N3/c1-3-14-34(15-4-1)49-52-50(35-16-5-2-6-17-35)54-51(53-49)42-23-13-22-40(32-42)38-20-11-18-36(30-38)37-19-12-21-39(31-37)41-28-29-47-45-26-8-7-24-43(45)44-25-9-10-27-46(44)48(47)33-41/h1-33H/i7D,8D,9D,10D,24D,25D,26D,27D,28D,29D,33D. The number of nitrogens with zero attached hydrogens (tertiary/aromatic N) is 3. The van der Waals surface area contributed by atoms with Crippen LogP contribution in [-0.4, -0.2) is 15.0 Å². The van der Waals surface area contributed by atoms with E-state index in [0.717, 1.165) is 38.9 Å². The Kier molecular flexibility index (Phi) is 5.45. The zero-order chi connectivity index (χ0) is 45.4. The third-order valence-corrected chi connectivity index (χ3v) is 9.44. The summed E-state index contributed by atoms with van der Waals surface area (Å²) in [5, 5.41) is -0.961. The molecule has 0 fully saturated rings. The fraction of sp³-hybridized carbons (Fsp3) is 0. The van der Waals surface area contributed by atoms with Crippen molar-refractivity contribution in [3.8, 4) is 67.5 Å². The number of hydrogen-bond acceptors (Lipinski definition) is 3. The first-order valence-electron chi connectivity index (χ1n) is 22.9. The van der Waals surface area contributed by atoms with E-state index in [0.29, 0.717) is 23.0 Å². The monoisotopic (exact) mass is 698 g/mol. The summed E-state index contributed by atoms with van der Waals surface area (Å²) in [6.45, 7) is 0. The lowest BCUT2D eigenvalue weighted by Gasteiger charge is -2.13. The first-order chi connectivity index (χ1) is 31.3. The minimum absolute atomic E-state index is 0.0317. The van der Waals surface area contributed by atoms with Crippen LogP contribution in [0.5, 0.6) is 0 Å². The van der Waals surface area contributed by atoms with E-state index in [4.69, 9.17) is 25.9 Å². The van der Waals surface area contributed by atoms with Gasteiger partial charge in [0.2, 0.25) is 0 Å². The van der Waals surface area contributed by atoms with Gasteiger partial charge in [-0.25, -0.2) is 15.0 Å². The Balaban J connectivity index is 1.11. The van der Waals surface area contributed by atoms with Gasteiger partial charge in [0.1, 0.15) is 0 Å². The molecule has 0 aliphatic heterocycles. The molecule has 1 heterocycles. The number of fused-ring (bicyclic) bond motifs is 6. The fourth-order valence-corrected chi connectivity index (χ4v) is 6.81. The molecule has 1 aromatic heterocycles. The molecule has 0 atom stereocenters. The van der Waals surface area contributed by atoms with Crippen molar-refractivity contribution in [2.75, 3.05) is 0 Å². The molecule has 0 N–H and O–H groups in total. The van der Waals surface area contributed by atoms with E-state index in [9.17, 15) is 4.11 Å². The summed E-state index contributed by atoms with van der Waals surface area (Å²) in [6, 6.07) is 36.9. The van der Waals surface area contributed by atoms with E-state index < -0.39 is 54.4 Å². The third kappa shape index (κ3) is 5.78. The van der Waals surface area contributed by atoms with E-state index >= 15 is 0 Å². The smallest absolute Gasteiger partial charge is 0.164 e. The van der Waals surface area contributed by atoms with Crippen LogP contribution in [0.3, 0.4) is 0 Å². The SMILES string of the molecule is [2H]c1c([2H])c([2H])c2c(c1[2H])c1c([2H])c([2H])c([2H])c([2H])c1c1c([2H])c(-c3cccc(-c4cccc(-c5cccc(-c6nc(-c7ccccc7)nc(-c7ccccc7)n6)c5)c4)c3)c([2H])c([2H])c21. The zero-order valence-corrected chi connectivity index (χ0v) is 28.5. The topological polar surface area (TPSA) is 38.7 Å². The van der Waals surface area contributed by atoms with Crippen molar-refractivity contribution in [3.05, 3.63) is 200 Å². The average molecular weight is 699 g/mol. The maximum atomic E-state index is 9.66. The molecule has 54 heavy (non-hydrogen) atoms. The van der Waals surface area contributed by atoms with E-state index in [-0.39, 0.29) is 50.0 Å². The molecule has 3 heteroatoms. The second-order valence-electron chi connectivity index (χ2n) is 12.8. The van der Waals surface area contributed by atoms with Gasteiger partial charge in [0.15, 0.2) is 17.5 Å². The van der Waals surface area contributed by atoms with Crippen LogP contribution in [0, 0.1) is 0 Å². The molecule has 0 radical (unpaired) electrons. The first-order valence-corrected chi connectivity index (χ1v) is 17.4. The molecule has 0 aliphatic rings. The predicted octanol–water partition coefficient (Wildman–Crippen LogP) is 13.3. The van der Waals surface area contributed by atoms with Crippen LogP contribution in [0.4, 0.5) is 0 Å². The summed E-state index contributed by atoms with van der Waals surface area (Å²) in [7, 11) is 0. The Morgan fingerprint density at radius 1 is 0.278 bits per heavy atom. The Bertz CT molecular complexity index is 3520. The third-order valence-electron chi connectivity index (χ3n) is 9.44. The molecular formula is C51H33N3. The first kappa shape index (κ1) is 22.0. The summed E-state index contributed by atoms with van der Waals surface area (Å²) in [5.41, 5.74) is 6.31. The van der Waals surface area contributed by atoms with Crippen molar-refractivity contribution < 1.29 is 15.1 Å². The summed E-state index contributed by atoms with van der Waals surface area (Å²) < 4.78 is 97.8. The van der Waals surface area contributed by atoms with Crippen molar-refractivity contribution in [3.63, 3.8) is 0 Å². The highest BCUT2D eigenvalue weighted by Crippen LogP contribution is 2.38. The van der Waals surface area contributed by atoms with Gasteiger partial charge < -0.3 is 0 Å². The highest BCUT2D eigenvalue weighted by molar-refractivity contribution is 6.25. The number of aromatic nitrogens is 3. The van der Waals surface area contributed by atoms with Gasteiger partial charge in [-0.15, -0.1) is 0 Å². The van der Waals surface area contributed by atoms with Crippen LogP contribution < -0.4 is 0 Å². The van der Waals surface area contributed by atoms with Crippen LogP contribution >= 0.6 is 0 Å². The maximum absolute atomic E-state index is 9.66. The highest BCUT2D eigenvalue weighted by atomic mass is 15.0. The number of benzene rings is 9. The van der Waals surface area contributed by atoms with Crippen LogP contribution in [0.15, 0.2) is 200 Å². The van der Waals surface area contributed by atoms with E-state index in [1.807, 2.05) is 115 Å². The summed E-state index contributed by atoms with van der Waals surface area (Å²) in [4.78, 5) is 14.6. The molecule has 10 aromatic rings. The fourth-order valence-electron chi connectivity index (χ4n) is 6.81.